The molecule has 16 heavy (non-hydrogen) atoms. The van der Waals surface area contributed by atoms with Crippen LogP contribution in [0.2, 0.25) is 5.02 Å². The van der Waals surface area contributed by atoms with E-state index >= 15 is 0 Å². The van der Waals surface area contributed by atoms with Crippen LogP contribution in [0.25, 0.3) is 0 Å². The zero-order valence-electron chi connectivity index (χ0n) is 9.36. The summed E-state index contributed by atoms with van der Waals surface area (Å²) < 4.78 is 0. The minimum Gasteiger partial charge on any atom is -0.508 e. The van der Waals surface area contributed by atoms with Gasteiger partial charge in [0.25, 0.3) is 0 Å². The second-order valence-electron chi connectivity index (χ2n) is 4.57. The van der Waals surface area contributed by atoms with Crippen molar-refractivity contribution in [2.75, 3.05) is 13.1 Å². The molecule has 1 saturated heterocycles. The third-order valence-corrected chi connectivity index (χ3v) is 3.58. The molecular weight excluding hydrogens is 224 g/mol. The molecule has 1 aliphatic rings. The Morgan fingerprint density at radius 2 is 2.25 bits per heavy atom. The van der Waals surface area contributed by atoms with Crippen molar-refractivity contribution < 1.29 is 5.11 Å². The average Bonchev–Trinajstić information content (AvgIpc) is 2.53. The Bertz CT molecular complexity index is 353. The zero-order chi connectivity index (χ0) is 11.7. The molecule has 3 N–H and O–H groups in total. The summed E-state index contributed by atoms with van der Waals surface area (Å²) in [4.78, 5) is 2.23. The monoisotopic (exact) mass is 240 g/mol. The molecule has 0 aromatic heterocycles. The van der Waals surface area contributed by atoms with Gasteiger partial charge in [0, 0.05) is 36.3 Å². The van der Waals surface area contributed by atoms with Gasteiger partial charge in [-0.3, -0.25) is 4.90 Å². The van der Waals surface area contributed by atoms with Gasteiger partial charge in [-0.05, 0) is 18.1 Å². The van der Waals surface area contributed by atoms with Crippen LogP contribution in [0, 0.1) is 5.92 Å². The summed E-state index contributed by atoms with van der Waals surface area (Å²) in [5.74, 6) is 0.769. The van der Waals surface area contributed by atoms with Gasteiger partial charge in [-0.2, -0.15) is 0 Å². The van der Waals surface area contributed by atoms with Crippen LogP contribution in [0.3, 0.4) is 0 Å². The van der Waals surface area contributed by atoms with Gasteiger partial charge in [-0.25, -0.2) is 0 Å². The Kier molecular flexibility index (Phi) is 3.38. The third kappa shape index (κ3) is 2.32. The highest BCUT2D eigenvalue weighted by molar-refractivity contribution is 6.31. The van der Waals surface area contributed by atoms with Crippen molar-refractivity contribution in [1.82, 2.24) is 4.90 Å². The number of phenolic OH excluding ortho intramolecular Hbond substituents is 1. The molecule has 1 aromatic carbocycles. The van der Waals surface area contributed by atoms with Gasteiger partial charge in [0.05, 0.1) is 0 Å². The van der Waals surface area contributed by atoms with Crippen LogP contribution in [0.1, 0.15) is 12.5 Å². The first-order valence-electron chi connectivity index (χ1n) is 5.52. The fourth-order valence-electron chi connectivity index (χ4n) is 2.15. The highest BCUT2D eigenvalue weighted by atomic mass is 35.5. The second-order valence-corrected chi connectivity index (χ2v) is 4.98. The molecule has 0 amide bonds. The minimum atomic E-state index is 0.227. The molecule has 2 unspecified atom stereocenters. The van der Waals surface area contributed by atoms with Crippen LogP contribution in [0.15, 0.2) is 18.2 Å². The van der Waals surface area contributed by atoms with Gasteiger partial charge in [0.1, 0.15) is 5.75 Å². The maximum Gasteiger partial charge on any atom is 0.121 e. The number of benzene rings is 1. The summed E-state index contributed by atoms with van der Waals surface area (Å²) in [6, 6.07) is 5.44. The topological polar surface area (TPSA) is 49.5 Å². The van der Waals surface area contributed by atoms with Crippen molar-refractivity contribution in [2.45, 2.75) is 19.5 Å². The van der Waals surface area contributed by atoms with Crippen LogP contribution in [-0.2, 0) is 6.54 Å². The van der Waals surface area contributed by atoms with Crippen molar-refractivity contribution in [3.8, 4) is 5.75 Å². The smallest absolute Gasteiger partial charge is 0.121 e. The van der Waals surface area contributed by atoms with Crippen molar-refractivity contribution in [2.24, 2.45) is 11.7 Å². The third-order valence-electron chi connectivity index (χ3n) is 3.22. The van der Waals surface area contributed by atoms with Gasteiger partial charge in [-0.1, -0.05) is 24.6 Å². The number of halogens is 1. The fraction of sp³-hybridized carbons (Fsp3) is 0.500. The van der Waals surface area contributed by atoms with E-state index in [1.165, 1.54) is 0 Å². The van der Waals surface area contributed by atoms with Crippen LogP contribution in [0.4, 0.5) is 0 Å². The molecule has 1 aliphatic heterocycles. The lowest BCUT2D eigenvalue weighted by Gasteiger charge is -2.17. The molecule has 2 atom stereocenters. The fourth-order valence-corrected chi connectivity index (χ4v) is 2.38. The van der Waals surface area contributed by atoms with Gasteiger partial charge >= 0.3 is 0 Å². The van der Waals surface area contributed by atoms with Crippen LogP contribution >= 0.6 is 11.6 Å². The zero-order valence-corrected chi connectivity index (χ0v) is 10.1. The lowest BCUT2D eigenvalue weighted by molar-refractivity contribution is 0.312. The van der Waals surface area contributed by atoms with Gasteiger partial charge < -0.3 is 10.8 Å². The minimum absolute atomic E-state index is 0.227. The van der Waals surface area contributed by atoms with Crippen molar-refractivity contribution in [3.05, 3.63) is 28.8 Å². The number of phenols is 1. The van der Waals surface area contributed by atoms with E-state index in [1.807, 2.05) is 0 Å². The Labute approximate surface area is 101 Å². The van der Waals surface area contributed by atoms with E-state index in [0.29, 0.717) is 17.5 Å². The largest absolute Gasteiger partial charge is 0.508 e. The predicted octanol–water partition coefficient (Wildman–Crippen LogP) is 1.82. The first kappa shape index (κ1) is 11.7. The molecule has 3 nitrogen and oxygen atoms in total. The van der Waals surface area contributed by atoms with Crippen molar-refractivity contribution in [1.29, 1.82) is 0 Å². The van der Waals surface area contributed by atoms with Crippen LogP contribution < -0.4 is 5.73 Å². The number of likely N-dealkylation sites (tertiary alicyclic amines) is 1. The highest BCUT2D eigenvalue weighted by Crippen LogP contribution is 2.28. The SMILES string of the molecule is CC1CN(Cc2c(O)cccc2Cl)CC1N. The van der Waals surface area contributed by atoms with E-state index < -0.39 is 0 Å². The molecule has 1 aromatic rings. The van der Waals surface area contributed by atoms with E-state index in [2.05, 4.69) is 11.8 Å². The highest BCUT2D eigenvalue weighted by Gasteiger charge is 2.27. The molecule has 88 valence electrons. The van der Waals surface area contributed by atoms with Gasteiger partial charge in [0.15, 0.2) is 0 Å². The summed E-state index contributed by atoms with van der Waals surface area (Å²) in [7, 11) is 0. The molecule has 2 rings (SSSR count). The summed E-state index contributed by atoms with van der Waals surface area (Å²) in [6.07, 6.45) is 0. The number of nitrogens with zero attached hydrogens (tertiary/aromatic N) is 1. The standard InChI is InChI=1S/C12H17ClN2O/c1-8-5-15(7-11(8)14)6-9-10(13)3-2-4-12(9)16/h2-4,8,11,16H,5-7,14H2,1H3. The maximum absolute atomic E-state index is 9.74. The van der Waals surface area contributed by atoms with Gasteiger partial charge in [0.2, 0.25) is 0 Å². The predicted molar refractivity (Wildman–Crippen MR) is 65.5 cm³/mol. The second kappa shape index (κ2) is 4.62. The molecule has 0 bridgehead atoms. The molecule has 0 radical (unpaired) electrons. The lowest BCUT2D eigenvalue weighted by atomic mass is 10.1. The molecular formula is C12H17ClN2O. The number of hydrogen-bond donors (Lipinski definition) is 2. The first-order valence-corrected chi connectivity index (χ1v) is 5.90. The Hall–Kier alpha value is -0.770. The molecule has 1 heterocycles. The Balaban J connectivity index is 2.10. The number of aromatic hydroxyl groups is 1. The Morgan fingerprint density at radius 3 is 2.81 bits per heavy atom. The van der Waals surface area contributed by atoms with E-state index in [1.54, 1.807) is 18.2 Å². The average molecular weight is 241 g/mol. The van der Waals surface area contributed by atoms with E-state index in [0.717, 1.165) is 18.7 Å². The summed E-state index contributed by atoms with van der Waals surface area (Å²) in [6.45, 7) is 4.65. The summed E-state index contributed by atoms with van der Waals surface area (Å²) in [5.41, 5.74) is 6.76. The normalized spacial score (nSPS) is 26.2. The van der Waals surface area contributed by atoms with E-state index in [-0.39, 0.29) is 11.8 Å². The van der Waals surface area contributed by atoms with Crippen LogP contribution in [-0.4, -0.2) is 29.1 Å². The molecule has 0 spiro atoms. The van der Waals surface area contributed by atoms with Crippen LogP contribution in [0.5, 0.6) is 5.75 Å². The quantitative estimate of drug-likeness (QED) is 0.829. The molecule has 4 heteroatoms. The van der Waals surface area contributed by atoms with E-state index in [9.17, 15) is 5.11 Å². The van der Waals surface area contributed by atoms with Gasteiger partial charge in [-0.15, -0.1) is 0 Å². The van der Waals surface area contributed by atoms with Crippen molar-refractivity contribution >= 4 is 11.6 Å². The lowest BCUT2D eigenvalue weighted by Crippen LogP contribution is -2.28. The maximum atomic E-state index is 9.74. The van der Waals surface area contributed by atoms with E-state index in [4.69, 9.17) is 17.3 Å². The molecule has 0 saturated carbocycles. The summed E-state index contributed by atoms with van der Waals surface area (Å²) in [5, 5.41) is 10.4. The number of rotatable bonds is 2. The summed E-state index contributed by atoms with van der Waals surface area (Å²) >= 11 is 6.06. The Morgan fingerprint density at radius 1 is 1.50 bits per heavy atom. The number of hydrogen-bond acceptors (Lipinski definition) is 3. The number of nitrogens with two attached hydrogens (primary N) is 1. The molecule has 0 aliphatic carbocycles. The first-order chi connectivity index (χ1) is 7.58. The molecule has 1 fully saturated rings. The van der Waals surface area contributed by atoms with Crippen molar-refractivity contribution in [3.63, 3.8) is 0 Å².